The summed E-state index contributed by atoms with van der Waals surface area (Å²) in [4.78, 5) is 75.6. The Bertz CT molecular complexity index is 1380. The van der Waals surface area contributed by atoms with Crippen LogP contribution in [0.5, 0.6) is 0 Å². The fraction of sp³-hybridized carbons (Fsp3) is 0.536. The molecule has 0 aromatic heterocycles. The topological polar surface area (TPSA) is 204 Å². The minimum absolute atomic E-state index is 0.0408. The number of ether oxygens (including phenoxy) is 1. The highest BCUT2D eigenvalue weighted by Gasteiger charge is 2.50. The van der Waals surface area contributed by atoms with E-state index in [0.717, 1.165) is 21.6 Å². The number of benzene rings is 1. The molecule has 14 nitrogen and oxygen atoms in total. The van der Waals surface area contributed by atoms with E-state index in [2.05, 4.69) is 20.7 Å². The molecule has 2 fully saturated rings. The van der Waals surface area contributed by atoms with Crippen molar-refractivity contribution in [3.05, 3.63) is 34.9 Å². The first-order valence-corrected chi connectivity index (χ1v) is 14.1. The number of alkyl halides is 2. The first-order chi connectivity index (χ1) is 20.9. The van der Waals surface area contributed by atoms with Crippen LogP contribution in [-0.2, 0) is 48.3 Å². The predicted molar refractivity (Wildman–Crippen MR) is 146 cm³/mol. The summed E-state index contributed by atoms with van der Waals surface area (Å²) < 4.78 is 32.1. The molecule has 6 amide bonds. The van der Waals surface area contributed by atoms with Gasteiger partial charge in [0.2, 0.25) is 29.5 Å². The van der Waals surface area contributed by atoms with E-state index in [4.69, 9.17) is 5.73 Å². The Morgan fingerprint density at radius 1 is 1.14 bits per heavy atom. The first-order valence-electron chi connectivity index (χ1n) is 14.1. The van der Waals surface area contributed by atoms with E-state index in [1.165, 1.54) is 0 Å². The number of carbonyl (C=O) groups excluding carboxylic acids is 6. The van der Waals surface area contributed by atoms with Crippen molar-refractivity contribution in [2.24, 2.45) is 11.7 Å². The lowest BCUT2D eigenvalue weighted by atomic mass is 9.99. The number of nitriles is 1. The molecule has 0 saturated carbocycles. The van der Waals surface area contributed by atoms with Gasteiger partial charge in [0.15, 0.2) is 0 Å². The number of hydrogen-bond donors (Lipinski definition) is 4. The zero-order valence-corrected chi connectivity index (χ0v) is 23.8. The van der Waals surface area contributed by atoms with Crippen LogP contribution in [0.1, 0.15) is 48.8 Å². The Balaban J connectivity index is 1.24. The van der Waals surface area contributed by atoms with Gasteiger partial charge < -0.3 is 36.2 Å². The zero-order valence-electron chi connectivity index (χ0n) is 23.8. The summed E-state index contributed by atoms with van der Waals surface area (Å²) in [5, 5.41) is 16.9. The summed E-state index contributed by atoms with van der Waals surface area (Å²) in [5.74, 6) is -6.35. The number of primary amides is 1. The van der Waals surface area contributed by atoms with Crippen molar-refractivity contribution in [2.45, 2.75) is 69.7 Å². The number of nitrogens with two attached hydrogens (primary N) is 1. The van der Waals surface area contributed by atoms with E-state index in [-0.39, 0.29) is 63.7 Å². The standard InChI is InChI=1S/C28H33F2N7O7/c29-28(30)10-19(11-31)37(15-28)26(42)21-8-18(25(41)35-21)9-24(40)36-13-17-3-1-2-16(20(17)14-36)12-34-23(39)5-4-22(38)33-6-7-44-27(32)43/h1-3,18-19,21H,4-10,12-15H2,(H2,32,43)(H,33,38)(H,34,39)(H,35,41)/t18-,19?,21-/m0/s1. The van der Waals surface area contributed by atoms with Crippen molar-refractivity contribution < 1.29 is 42.3 Å². The molecule has 236 valence electrons. The predicted octanol–water partition coefficient (Wildman–Crippen LogP) is -0.209. The Hall–Kier alpha value is -4.81. The van der Waals surface area contributed by atoms with Crippen molar-refractivity contribution >= 4 is 35.6 Å². The van der Waals surface area contributed by atoms with Gasteiger partial charge in [0.05, 0.1) is 19.2 Å². The summed E-state index contributed by atoms with van der Waals surface area (Å²) in [7, 11) is 0. The third kappa shape index (κ3) is 7.97. The molecule has 1 aromatic carbocycles. The van der Waals surface area contributed by atoms with E-state index < -0.39 is 60.7 Å². The van der Waals surface area contributed by atoms with Gasteiger partial charge in [0.25, 0.3) is 5.92 Å². The molecule has 3 aliphatic heterocycles. The SMILES string of the molecule is N#CC1CC(F)(F)CN1C(=O)[C@@H]1C[C@@H](CC(=O)N2Cc3cccc(CNC(=O)CCC(=O)NCCOC(N)=O)c3C2)C(=O)N1. The van der Waals surface area contributed by atoms with Crippen molar-refractivity contribution in [3.63, 3.8) is 0 Å². The molecule has 44 heavy (non-hydrogen) atoms. The summed E-state index contributed by atoms with van der Waals surface area (Å²) in [6.45, 7) is -0.182. The minimum atomic E-state index is -3.18. The number of amides is 6. The van der Waals surface area contributed by atoms with Crippen molar-refractivity contribution in [2.75, 3.05) is 19.7 Å². The summed E-state index contributed by atoms with van der Waals surface area (Å²) in [6.07, 6.45) is -2.05. The van der Waals surface area contributed by atoms with E-state index in [0.29, 0.717) is 6.54 Å². The summed E-state index contributed by atoms with van der Waals surface area (Å²) in [5.41, 5.74) is 7.36. The van der Waals surface area contributed by atoms with E-state index in [9.17, 15) is 42.8 Å². The fourth-order valence-corrected chi connectivity index (χ4v) is 5.56. The number of fused-ring (bicyclic) bond motifs is 1. The third-order valence-corrected chi connectivity index (χ3v) is 7.79. The van der Waals surface area contributed by atoms with Gasteiger partial charge in [-0.15, -0.1) is 0 Å². The third-order valence-electron chi connectivity index (χ3n) is 7.79. The average molecular weight is 618 g/mol. The summed E-state index contributed by atoms with van der Waals surface area (Å²) >= 11 is 0. The van der Waals surface area contributed by atoms with Crippen LogP contribution in [0.25, 0.3) is 0 Å². The van der Waals surface area contributed by atoms with Crippen LogP contribution in [0.15, 0.2) is 18.2 Å². The highest BCUT2D eigenvalue weighted by atomic mass is 19.3. The van der Waals surface area contributed by atoms with Crippen LogP contribution in [0.3, 0.4) is 0 Å². The van der Waals surface area contributed by atoms with Crippen molar-refractivity contribution in [1.82, 2.24) is 25.8 Å². The van der Waals surface area contributed by atoms with E-state index in [1.54, 1.807) is 17.0 Å². The van der Waals surface area contributed by atoms with E-state index in [1.807, 2.05) is 12.1 Å². The highest BCUT2D eigenvalue weighted by molar-refractivity contribution is 5.94. The second kappa shape index (κ2) is 13.7. The maximum Gasteiger partial charge on any atom is 0.404 e. The molecule has 1 aromatic rings. The fourth-order valence-electron chi connectivity index (χ4n) is 5.56. The number of halogens is 2. The average Bonchev–Trinajstić information content (AvgIpc) is 3.67. The molecule has 0 bridgehead atoms. The molecule has 0 radical (unpaired) electrons. The lowest BCUT2D eigenvalue weighted by Gasteiger charge is -2.22. The van der Waals surface area contributed by atoms with Gasteiger partial charge in [-0.05, 0) is 23.1 Å². The molecule has 3 aliphatic rings. The van der Waals surface area contributed by atoms with Gasteiger partial charge in [0, 0.05) is 51.2 Å². The molecule has 5 N–H and O–H groups in total. The van der Waals surface area contributed by atoms with Gasteiger partial charge >= 0.3 is 6.09 Å². The number of nitrogens with zero attached hydrogens (tertiary/aromatic N) is 3. The molecule has 3 atom stereocenters. The zero-order chi connectivity index (χ0) is 32.0. The number of carbonyl (C=O) groups is 6. The number of rotatable bonds is 11. The molecular weight excluding hydrogens is 584 g/mol. The highest BCUT2D eigenvalue weighted by Crippen LogP contribution is 2.34. The van der Waals surface area contributed by atoms with Crippen LogP contribution in [0.4, 0.5) is 13.6 Å². The number of likely N-dealkylation sites (tertiary alicyclic amines) is 1. The Labute approximate surface area is 251 Å². The second-order valence-corrected chi connectivity index (χ2v) is 11.0. The van der Waals surface area contributed by atoms with Crippen LogP contribution in [-0.4, -0.2) is 83.1 Å². The molecular formula is C28H33F2N7O7. The van der Waals surface area contributed by atoms with Gasteiger partial charge in [-0.1, -0.05) is 18.2 Å². The van der Waals surface area contributed by atoms with Crippen LogP contribution < -0.4 is 21.7 Å². The monoisotopic (exact) mass is 617 g/mol. The Morgan fingerprint density at radius 2 is 1.86 bits per heavy atom. The Morgan fingerprint density at radius 3 is 2.57 bits per heavy atom. The Kier molecular flexibility index (Phi) is 9.97. The smallest absolute Gasteiger partial charge is 0.404 e. The number of nitrogens with one attached hydrogen (secondary N) is 3. The molecule has 16 heteroatoms. The van der Waals surface area contributed by atoms with Crippen LogP contribution >= 0.6 is 0 Å². The van der Waals surface area contributed by atoms with Crippen LogP contribution in [0.2, 0.25) is 0 Å². The first kappa shape index (κ1) is 32.1. The molecule has 4 rings (SSSR count). The summed E-state index contributed by atoms with van der Waals surface area (Å²) in [6, 6.07) is 4.82. The molecule has 0 spiro atoms. The normalized spacial score (nSPS) is 21.7. The van der Waals surface area contributed by atoms with E-state index >= 15 is 0 Å². The quantitative estimate of drug-likeness (QED) is 0.244. The lowest BCUT2D eigenvalue weighted by molar-refractivity contribution is -0.135. The second-order valence-electron chi connectivity index (χ2n) is 11.0. The van der Waals surface area contributed by atoms with Gasteiger partial charge in [-0.25, -0.2) is 13.6 Å². The van der Waals surface area contributed by atoms with Gasteiger partial charge in [-0.2, -0.15) is 5.26 Å². The maximum absolute atomic E-state index is 13.8. The molecule has 2 saturated heterocycles. The van der Waals surface area contributed by atoms with Crippen molar-refractivity contribution in [1.29, 1.82) is 5.26 Å². The van der Waals surface area contributed by atoms with Gasteiger partial charge in [0.1, 0.15) is 18.7 Å². The largest absolute Gasteiger partial charge is 0.448 e. The lowest BCUT2D eigenvalue weighted by Crippen LogP contribution is -2.46. The van der Waals surface area contributed by atoms with Crippen molar-refractivity contribution in [3.8, 4) is 6.07 Å². The maximum atomic E-state index is 13.8. The molecule has 1 unspecified atom stereocenters. The number of hydrogen-bond acceptors (Lipinski definition) is 8. The minimum Gasteiger partial charge on any atom is -0.448 e. The van der Waals surface area contributed by atoms with Gasteiger partial charge in [-0.3, -0.25) is 24.0 Å². The molecule has 0 aliphatic carbocycles. The van der Waals surface area contributed by atoms with Crippen LogP contribution in [0, 0.1) is 17.2 Å². The molecule has 3 heterocycles.